The number of ether oxygens (including phenoxy) is 1. The summed E-state index contributed by atoms with van der Waals surface area (Å²) in [7, 11) is 4.15. The monoisotopic (exact) mass is 335 g/mol. The van der Waals surface area contributed by atoms with Crippen molar-refractivity contribution in [1.82, 2.24) is 4.90 Å². The molecule has 0 unspecified atom stereocenters. The summed E-state index contributed by atoms with van der Waals surface area (Å²) in [5.74, 6) is 0.354. The Kier molecular flexibility index (Phi) is 5.05. The van der Waals surface area contributed by atoms with Gasteiger partial charge in [-0.05, 0) is 54.8 Å². The summed E-state index contributed by atoms with van der Waals surface area (Å²) in [6.45, 7) is 6.63. The van der Waals surface area contributed by atoms with E-state index < -0.39 is 5.97 Å². The highest BCUT2D eigenvalue weighted by atomic mass is 16.5. The van der Waals surface area contributed by atoms with Crippen molar-refractivity contribution < 1.29 is 9.53 Å². The van der Waals surface area contributed by atoms with E-state index in [1.807, 2.05) is 0 Å². The number of fused-ring (bicyclic) bond motifs is 3. The lowest BCUT2D eigenvalue weighted by atomic mass is 9.93. The van der Waals surface area contributed by atoms with Crippen LogP contribution in [0.2, 0.25) is 0 Å². The van der Waals surface area contributed by atoms with E-state index in [1.54, 1.807) is 0 Å². The zero-order valence-corrected chi connectivity index (χ0v) is 15.3. The van der Waals surface area contributed by atoms with Crippen molar-refractivity contribution in [3.63, 3.8) is 0 Å². The highest BCUT2D eigenvalue weighted by Crippen LogP contribution is 2.44. The van der Waals surface area contributed by atoms with Gasteiger partial charge >= 0.3 is 5.97 Å². The molecule has 0 saturated carbocycles. The molecule has 2 aromatic carbocycles. The minimum Gasteiger partial charge on any atom is -0.423 e. The maximum Gasteiger partial charge on any atom is 0.335 e. The molecule has 0 aromatic heterocycles. The lowest BCUT2D eigenvalue weighted by Gasteiger charge is -2.19. The molecule has 0 saturated heterocycles. The van der Waals surface area contributed by atoms with Crippen LogP contribution in [0, 0.1) is 0 Å². The summed E-state index contributed by atoms with van der Waals surface area (Å²) in [5.41, 5.74) is 7.28. The molecule has 1 aliphatic rings. The number of carbonyl (C=O) groups is 1. The van der Waals surface area contributed by atoms with Crippen LogP contribution in [0.15, 0.2) is 43.0 Å². The van der Waals surface area contributed by atoms with Crippen molar-refractivity contribution in [1.29, 1.82) is 0 Å². The van der Waals surface area contributed by atoms with Crippen molar-refractivity contribution in [2.75, 3.05) is 20.6 Å². The molecular formula is C22H25NO2. The third kappa shape index (κ3) is 3.38. The van der Waals surface area contributed by atoms with Gasteiger partial charge in [-0.3, -0.25) is 0 Å². The van der Waals surface area contributed by atoms with Gasteiger partial charge in [-0.25, -0.2) is 4.79 Å². The van der Waals surface area contributed by atoms with Crippen LogP contribution in [0.3, 0.4) is 0 Å². The SMILES string of the molecule is C=CC(=O)Oc1c(CC)c(CCN(C)C)cc2c1Cc1ccccc1-2. The lowest BCUT2D eigenvalue weighted by molar-refractivity contribution is -0.129. The molecule has 0 heterocycles. The largest absolute Gasteiger partial charge is 0.423 e. The zero-order chi connectivity index (χ0) is 18.0. The quantitative estimate of drug-likeness (QED) is 0.387. The summed E-state index contributed by atoms with van der Waals surface area (Å²) in [4.78, 5) is 14.1. The van der Waals surface area contributed by atoms with Gasteiger partial charge < -0.3 is 9.64 Å². The van der Waals surface area contributed by atoms with Crippen LogP contribution in [0.4, 0.5) is 0 Å². The normalized spacial score (nSPS) is 12.0. The van der Waals surface area contributed by atoms with Gasteiger partial charge in [0.05, 0.1) is 0 Å². The van der Waals surface area contributed by atoms with Gasteiger partial charge in [0.25, 0.3) is 0 Å². The fraction of sp³-hybridized carbons (Fsp3) is 0.318. The van der Waals surface area contributed by atoms with E-state index >= 15 is 0 Å². The summed E-state index contributed by atoms with van der Waals surface area (Å²) in [6, 6.07) is 10.7. The van der Waals surface area contributed by atoms with Gasteiger partial charge in [-0.1, -0.05) is 43.8 Å². The van der Waals surface area contributed by atoms with Crippen LogP contribution in [0.25, 0.3) is 11.1 Å². The molecule has 130 valence electrons. The Balaban J connectivity index is 2.16. The third-order valence-electron chi connectivity index (χ3n) is 4.81. The van der Waals surface area contributed by atoms with Crippen LogP contribution in [0.1, 0.15) is 29.2 Å². The van der Waals surface area contributed by atoms with Crippen molar-refractivity contribution in [2.24, 2.45) is 0 Å². The molecule has 0 spiro atoms. The minimum absolute atomic E-state index is 0.391. The highest BCUT2D eigenvalue weighted by Gasteiger charge is 2.26. The van der Waals surface area contributed by atoms with Crippen LogP contribution >= 0.6 is 0 Å². The molecule has 0 N–H and O–H groups in total. The van der Waals surface area contributed by atoms with Crippen molar-refractivity contribution in [3.05, 3.63) is 65.2 Å². The van der Waals surface area contributed by atoms with Gasteiger partial charge in [0.2, 0.25) is 0 Å². The lowest BCUT2D eigenvalue weighted by Crippen LogP contribution is -2.17. The Labute approximate surface area is 149 Å². The summed E-state index contributed by atoms with van der Waals surface area (Å²) in [6.07, 6.45) is 3.82. The fourth-order valence-corrected chi connectivity index (χ4v) is 3.56. The smallest absolute Gasteiger partial charge is 0.335 e. The average Bonchev–Trinajstić information content (AvgIpc) is 2.98. The molecule has 0 amide bonds. The molecule has 1 aliphatic carbocycles. The molecule has 0 atom stereocenters. The molecule has 0 bridgehead atoms. The van der Waals surface area contributed by atoms with E-state index in [-0.39, 0.29) is 0 Å². The number of rotatable bonds is 6. The van der Waals surface area contributed by atoms with Crippen molar-refractivity contribution in [3.8, 4) is 16.9 Å². The summed E-state index contributed by atoms with van der Waals surface area (Å²) in [5, 5.41) is 0. The standard InChI is InChI=1S/C22H25NO2/c1-5-17-16(11-12-23(3)4)13-19-18-10-8-7-9-15(18)14-20(19)22(17)25-21(24)6-2/h6-10,13H,2,5,11-12,14H2,1,3-4H3. The van der Waals surface area contributed by atoms with Gasteiger partial charge in [0, 0.05) is 24.6 Å². The average molecular weight is 335 g/mol. The molecule has 0 fully saturated rings. The van der Waals surface area contributed by atoms with E-state index in [1.165, 1.54) is 28.3 Å². The van der Waals surface area contributed by atoms with Crippen molar-refractivity contribution in [2.45, 2.75) is 26.2 Å². The molecule has 3 nitrogen and oxygen atoms in total. The minimum atomic E-state index is -0.391. The predicted octanol–water partition coefficient (Wildman–Crippen LogP) is 4.02. The maximum absolute atomic E-state index is 12.0. The Hall–Kier alpha value is -2.39. The Morgan fingerprint density at radius 1 is 1.28 bits per heavy atom. The molecule has 3 heteroatoms. The number of nitrogens with zero attached hydrogens (tertiary/aromatic N) is 1. The second-order valence-corrected chi connectivity index (χ2v) is 6.74. The Morgan fingerprint density at radius 3 is 2.72 bits per heavy atom. The van der Waals surface area contributed by atoms with Gasteiger partial charge in [-0.15, -0.1) is 0 Å². The number of hydrogen-bond donors (Lipinski definition) is 0. The van der Waals surface area contributed by atoms with Crippen LogP contribution in [0.5, 0.6) is 5.75 Å². The first-order valence-corrected chi connectivity index (χ1v) is 8.80. The van der Waals surface area contributed by atoms with Crippen LogP contribution in [-0.4, -0.2) is 31.5 Å². The molecule has 25 heavy (non-hydrogen) atoms. The Morgan fingerprint density at radius 2 is 2.04 bits per heavy atom. The first-order chi connectivity index (χ1) is 12.0. The predicted molar refractivity (Wildman–Crippen MR) is 102 cm³/mol. The summed E-state index contributed by atoms with van der Waals surface area (Å²) >= 11 is 0. The van der Waals surface area contributed by atoms with Crippen LogP contribution in [-0.2, 0) is 24.1 Å². The van der Waals surface area contributed by atoms with E-state index in [4.69, 9.17) is 4.74 Å². The van der Waals surface area contributed by atoms with E-state index in [2.05, 4.69) is 62.8 Å². The number of esters is 1. The molecule has 2 aromatic rings. The summed E-state index contributed by atoms with van der Waals surface area (Å²) < 4.78 is 5.74. The fourth-order valence-electron chi connectivity index (χ4n) is 3.56. The first kappa shape index (κ1) is 17.4. The van der Waals surface area contributed by atoms with Gasteiger partial charge in [0.1, 0.15) is 5.75 Å². The molecule has 0 aliphatic heterocycles. The number of benzene rings is 2. The van der Waals surface area contributed by atoms with Gasteiger partial charge in [0.15, 0.2) is 0 Å². The van der Waals surface area contributed by atoms with Gasteiger partial charge in [-0.2, -0.15) is 0 Å². The second kappa shape index (κ2) is 7.24. The maximum atomic E-state index is 12.0. The first-order valence-electron chi connectivity index (χ1n) is 8.80. The molecule has 0 radical (unpaired) electrons. The molecular weight excluding hydrogens is 310 g/mol. The van der Waals surface area contributed by atoms with E-state index in [9.17, 15) is 4.79 Å². The van der Waals surface area contributed by atoms with Crippen LogP contribution < -0.4 is 4.74 Å². The number of likely N-dealkylation sites (N-methyl/N-ethyl adjacent to an activating group) is 1. The van der Waals surface area contributed by atoms with E-state index in [0.717, 1.165) is 42.7 Å². The zero-order valence-electron chi connectivity index (χ0n) is 15.3. The highest BCUT2D eigenvalue weighted by molar-refractivity contribution is 5.87. The second-order valence-electron chi connectivity index (χ2n) is 6.74. The van der Waals surface area contributed by atoms with E-state index in [0.29, 0.717) is 0 Å². The third-order valence-corrected chi connectivity index (χ3v) is 4.81. The van der Waals surface area contributed by atoms with Crippen molar-refractivity contribution >= 4 is 5.97 Å². The number of carbonyl (C=O) groups excluding carboxylic acids is 1. The topological polar surface area (TPSA) is 29.5 Å². The Bertz CT molecular complexity index is 821. The number of hydrogen-bond acceptors (Lipinski definition) is 3. The molecule has 3 rings (SSSR count).